The number of carbonyl (C=O) groups is 2. The highest BCUT2D eigenvalue weighted by Crippen LogP contribution is 2.13. The Morgan fingerprint density at radius 3 is 2.47 bits per heavy atom. The molecule has 0 N–H and O–H groups in total. The second-order valence-electron chi connectivity index (χ2n) is 3.34. The summed E-state index contributed by atoms with van der Waals surface area (Å²) >= 11 is 2.11. The standard InChI is InChI=1S/C11H12INO2/c1-8(14)7-13(2)11(15)9-5-3-4-6-10(9)12/h3-6H,7H2,1-2H3. The van der Waals surface area contributed by atoms with Gasteiger partial charge in [-0.3, -0.25) is 9.59 Å². The van der Waals surface area contributed by atoms with Crippen molar-refractivity contribution in [2.75, 3.05) is 13.6 Å². The Kier molecular flexibility index (Phi) is 4.26. The first-order chi connectivity index (χ1) is 7.02. The Labute approximate surface area is 103 Å². The molecule has 0 bridgehead atoms. The Morgan fingerprint density at radius 1 is 1.33 bits per heavy atom. The fourth-order valence-corrected chi connectivity index (χ4v) is 1.86. The first-order valence-electron chi connectivity index (χ1n) is 4.52. The van der Waals surface area contributed by atoms with Gasteiger partial charge in [0, 0.05) is 10.6 Å². The van der Waals surface area contributed by atoms with Crippen molar-refractivity contribution in [3.05, 3.63) is 33.4 Å². The zero-order valence-electron chi connectivity index (χ0n) is 8.66. The smallest absolute Gasteiger partial charge is 0.255 e. The maximum absolute atomic E-state index is 11.9. The molecular weight excluding hydrogens is 305 g/mol. The summed E-state index contributed by atoms with van der Waals surface area (Å²) in [4.78, 5) is 24.2. The molecule has 1 rings (SSSR count). The van der Waals surface area contributed by atoms with Crippen molar-refractivity contribution in [2.45, 2.75) is 6.92 Å². The van der Waals surface area contributed by atoms with Gasteiger partial charge in [0.1, 0.15) is 5.78 Å². The minimum absolute atomic E-state index is 0.0169. The summed E-state index contributed by atoms with van der Waals surface area (Å²) in [5.41, 5.74) is 0.641. The van der Waals surface area contributed by atoms with Gasteiger partial charge in [0.05, 0.1) is 12.1 Å². The number of benzene rings is 1. The van der Waals surface area contributed by atoms with Crippen LogP contribution in [0, 0.1) is 3.57 Å². The average molecular weight is 317 g/mol. The van der Waals surface area contributed by atoms with E-state index >= 15 is 0 Å². The van der Waals surface area contributed by atoms with Crippen molar-refractivity contribution < 1.29 is 9.59 Å². The molecule has 1 amide bonds. The Hall–Kier alpha value is -0.910. The Balaban J connectivity index is 2.85. The molecule has 0 fully saturated rings. The molecule has 0 aliphatic rings. The van der Waals surface area contributed by atoms with E-state index in [2.05, 4.69) is 22.6 Å². The Bertz CT molecular complexity index is 390. The fourth-order valence-electron chi connectivity index (χ4n) is 1.25. The van der Waals surface area contributed by atoms with Gasteiger partial charge in [0.15, 0.2) is 0 Å². The summed E-state index contributed by atoms with van der Waals surface area (Å²) in [6.45, 7) is 1.63. The largest absolute Gasteiger partial charge is 0.334 e. The summed E-state index contributed by atoms with van der Waals surface area (Å²) in [6, 6.07) is 7.33. The third kappa shape index (κ3) is 3.30. The number of nitrogens with zero attached hydrogens (tertiary/aromatic N) is 1. The number of ketones is 1. The highest BCUT2D eigenvalue weighted by Gasteiger charge is 2.14. The number of amides is 1. The summed E-state index contributed by atoms with van der Waals surface area (Å²) in [7, 11) is 1.63. The lowest BCUT2D eigenvalue weighted by atomic mass is 10.2. The van der Waals surface area contributed by atoms with Crippen LogP contribution in [0.25, 0.3) is 0 Å². The lowest BCUT2D eigenvalue weighted by Gasteiger charge is -2.15. The first-order valence-corrected chi connectivity index (χ1v) is 5.59. The van der Waals surface area contributed by atoms with Gasteiger partial charge >= 0.3 is 0 Å². The van der Waals surface area contributed by atoms with Gasteiger partial charge in [-0.05, 0) is 41.6 Å². The van der Waals surface area contributed by atoms with Crippen molar-refractivity contribution in [3.8, 4) is 0 Å². The number of rotatable bonds is 3. The molecule has 4 heteroatoms. The molecule has 0 heterocycles. The van der Waals surface area contributed by atoms with Gasteiger partial charge in [0.25, 0.3) is 5.91 Å². The molecule has 0 unspecified atom stereocenters. The van der Waals surface area contributed by atoms with E-state index in [-0.39, 0.29) is 18.2 Å². The third-order valence-electron chi connectivity index (χ3n) is 1.91. The van der Waals surface area contributed by atoms with Crippen LogP contribution in [-0.4, -0.2) is 30.2 Å². The van der Waals surface area contributed by atoms with Gasteiger partial charge in [-0.1, -0.05) is 12.1 Å². The number of halogens is 1. The number of hydrogen-bond donors (Lipinski definition) is 0. The van der Waals surface area contributed by atoms with E-state index in [1.807, 2.05) is 18.2 Å². The second kappa shape index (κ2) is 5.25. The summed E-state index contributed by atoms with van der Waals surface area (Å²) in [5.74, 6) is -0.132. The fraction of sp³-hybridized carbons (Fsp3) is 0.273. The molecule has 0 spiro atoms. The minimum atomic E-state index is -0.116. The van der Waals surface area contributed by atoms with Gasteiger partial charge in [0.2, 0.25) is 0 Å². The topological polar surface area (TPSA) is 37.4 Å². The van der Waals surface area contributed by atoms with E-state index in [0.29, 0.717) is 5.56 Å². The highest BCUT2D eigenvalue weighted by molar-refractivity contribution is 14.1. The second-order valence-corrected chi connectivity index (χ2v) is 4.51. The average Bonchev–Trinajstić information content (AvgIpc) is 2.16. The monoisotopic (exact) mass is 317 g/mol. The molecule has 0 aliphatic carbocycles. The predicted octanol–water partition coefficient (Wildman–Crippen LogP) is 1.95. The molecule has 1 aromatic carbocycles. The third-order valence-corrected chi connectivity index (χ3v) is 2.85. The molecule has 0 atom stereocenters. The maximum atomic E-state index is 11.9. The summed E-state index contributed by atoms with van der Waals surface area (Å²) in [6.07, 6.45) is 0. The van der Waals surface area contributed by atoms with Crippen LogP contribution in [0.1, 0.15) is 17.3 Å². The zero-order valence-corrected chi connectivity index (χ0v) is 10.8. The quantitative estimate of drug-likeness (QED) is 0.799. The normalized spacial score (nSPS) is 9.80. The van der Waals surface area contributed by atoms with Crippen LogP contribution in [0.4, 0.5) is 0 Å². The predicted molar refractivity (Wildman–Crippen MR) is 66.8 cm³/mol. The summed E-state index contributed by atoms with van der Waals surface area (Å²) in [5, 5.41) is 0. The van der Waals surface area contributed by atoms with Gasteiger partial charge in [-0.15, -0.1) is 0 Å². The van der Waals surface area contributed by atoms with Crippen LogP contribution in [-0.2, 0) is 4.79 Å². The molecule has 0 saturated carbocycles. The van der Waals surface area contributed by atoms with Crippen LogP contribution in [0.2, 0.25) is 0 Å². The van der Waals surface area contributed by atoms with Gasteiger partial charge < -0.3 is 4.90 Å². The van der Waals surface area contributed by atoms with Crippen molar-refractivity contribution in [1.29, 1.82) is 0 Å². The first kappa shape index (κ1) is 12.2. The van der Waals surface area contributed by atoms with Crippen molar-refractivity contribution in [3.63, 3.8) is 0 Å². The lowest BCUT2D eigenvalue weighted by Crippen LogP contribution is -2.31. The van der Waals surface area contributed by atoms with Crippen LogP contribution in [0.3, 0.4) is 0 Å². The van der Waals surface area contributed by atoms with E-state index < -0.39 is 0 Å². The van der Waals surface area contributed by atoms with Crippen LogP contribution in [0.15, 0.2) is 24.3 Å². The van der Waals surface area contributed by atoms with E-state index in [9.17, 15) is 9.59 Å². The van der Waals surface area contributed by atoms with E-state index in [0.717, 1.165) is 3.57 Å². The van der Waals surface area contributed by atoms with Crippen molar-refractivity contribution in [2.24, 2.45) is 0 Å². The molecule has 0 aliphatic heterocycles. The number of carbonyl (C=O) groups excluding carboxylic acids is 2. The SMILES string of the molecule is CC(=O)CN(C)C(=O)c1ccccc1I. The molecule has 1 aromatic rings. The van der Waals surface area contributed by atoms with Crippen molar-refractivity contribution in [1.82, 2.24) is 4.90 Å². The maximum Gasteiger partial charge on any atom is 0.255 e. The Morgan fingerprint density at radius 2 is 1.93 bits per heavy atom. The summed E-state index contributed by atoms with van der Waals surface area (Å²) < 4.78 is 0.899. The number of likely N-dealkylation sites (N-methyl/N-ethyl adjacent to an activating group) is 1. The van der Waals surface area contributed by atoms with Gasteiger partial charge in [-0.2, -0.15) is 0 Å². The molecule has 0 aromatic heterocycles. The number of hydrogen-bond acceptors (Lipinski definition) is 2. The molecule has 0 radical (unpaired) electrons. The number of Topliss-reactive ketones (excluding diaryl/α,β-unsaturated/α-hetero) is 1. The van der Waals surface area contributed by atoms with E-state index in [1.165, 1.54) is 11.8 Å². The molecule has 3 nitrogen and oxygen atoms in total. The van der Waals surface area contributed by atoms with E-state index in [4.69, 9.17) is 0 Å². The molecular formula is C11H12INO2. The lowest BCUT2D eigenvalue weighted by molar-refractivity contribution is -0.117. The molecule has 0 saturated heterocycles. The van der Waals surface area contributed by atoms with Crippen molar-refractivity contribution >= 4 is 34.3 Å². The van der Waals surface area contributed by atoms with Crippen LogP contribution in [0.5, 0.6) is 0 Å². The molecule has 15 heavy (non-hydrogen) atoms. The minimum Gasteiger partial charge on any atom is -0.334 e. The highest BCUT2D eigenvalue weighted by atomic mass is 127. The van der Waals surface area contributed by atoms with E-state index in [1.54, 1.807) is 13.1 Å². The van der Waals surface area contributed by atoms with Crippen LogP contribution >= 0.6 is 22.6 Å². The molecule has 80 valence electrons. The van der Waals surface area contributed by atoms with Crippen LogP contribution < -0.4 is 0 Å². The van der Waals surface area contributed by atoms with Gasteiger partial charge in [-0.25, -0.2) is 0 Å². The zero-order chi connectivity index (χ0) is 11.4.